The molecule has 0 aliphatic carbocycles. The van der Waals surface area contributed by atoms with Crippen molar-refractivity contribution in [3.63, 3.8) is 0 Å². The lowest BCUT2D eigenvalue weighted by molar-refractivity contribution is 0.0199. The molecule has 1 aliphatic heterocycles. The zero-order valence-electron chi connectivity index (χ0n) is 15.1. The number of piperidine rings is 1. The van der Waals surface area contributed by atoms with Gasteiger partial charge in [-0.3, -0.25) is 0 Å². The van der Waals surface area contributed by atoms with Gasteiger partial charge in [0, 0.05) is 18.1 Å². The van der Waals surface area contributed by atoms with Gasteiger partial charge in [0.2, 0.25) is 0 Å². The van der Waals surface area contributed by atoms with E-state index in [0.29, 0.717) is 5.92 Å². The molecule has 1 aliphatic rings. The molecule has 0 radical (unpaired) electrons. The molecule has 0 aromatic heterocycles. The van der Waals surface area contributed by atoms with Crippen LogP contribution in [0.15, 0.2) is 30.3 Å². The van der Waals surface area contributed by atoms with Crippen molar-refractivity contribution in [2.75, 3.05) is 13.1 Å². The van der Waals surface area contributed by atoms with E-state index in [1.807, 2.05) is 37.8 Å². The first kappa shape index (κ1) is 18.9. The summed E-state index contributed by atoms with van der Waals surface area (Å²) in [6, 6.07) is 8.06. The minimum atomic E-state index is -0.440. The summed E-state index contributed by atoms with van der Waals surface area (Å²) in [5.41, 5.74) is 2.17. The first-order valence-corrected chi connectivity index (χ1v) is 9.12. The number of ether oxygens (including phenoxy) is 1. The lowest BCUT2D eigenvalue weighted by atomic mass is 9.84. The minimum Gasteiger partial charge on any atom is -0.444 e. The van der Waals surface area contributed by atoms with Gasteiger partial charge in [0.05, 0.1) is 0 Å². The molecule has 0 spiro atoms. The summed E-state index contributed by atoms with van der Waals surface area (Å²) in [6.07, 6.45) is 5.04. The van der Waals surface area contributed by atoms with Crippen molar-refractivity contribution in [2.45, 2.75) is 52.6 Å². The quantitative estimate of drug-likeness (QED) is 0.692. The van der Waals surface area contributed by atoms with Crippen LogP contribution in [0.25, 0.3) is 5.57 Å². The summed E-state index contributed by atoms with van der Waals surface area (Å²) in [5.74, 6) is 0.477. The standard InChI is InChI=1S/C20H28ClNO2/c1-5-6-18(15-7-9-17(21)10-8-15)16-11-13-22(14-12-16)19(23)24-20(2,3)4/h6-10,16H,5,11-14H2,1-4H3/b18-6+. The highest BCUT2D eigenvalue weighted by Crippen LogP contribution is 2.33. The van der Waals surface area contributed by atoms with Crippen LogP contribution in [-0.4, -0.2) is 29.7 Å². The van der Waals surface area contributed by atoms with E-state index >= 15 is 0 Å². The van der Waals surface area contributed by atoms with Crippen molar-refractivity contribution in [3.05, 3.63) is 40.9 Å². The van der Waals surface area contributed by atoms with Crippen molar-refractivity contribution in [2.24, 2.45) is 5.92 Å². The third-order valence-electron chi connectivity index (χ3n) is 4.19. The Labute approximate surface area is 150 Å². The summed E-state index contributed by atoms with van der Waals surface area (Å²) in [6.45, 7) is 9.36. The zero-order chi connectivity index (χ0) is 17.7. The molecular weight excluding hydrogens is 322 g/mol. The van der Waals surface area contributed by atoms with E-state index in [-0.39, 0.29) is 6.09 Å². The van der Waals surface area contributed by atoms with Gasteiger partial charge >= 0.3 is 6.09 Å². The van der Waals surface area contributed by atoms with Gasteiger partial charge in [-0.25, -0.2) is 4.79 Å². The molecule has 4 heteroatoms. The van der Waals surface area contributed by atoms with Gasteiger partial charge in [0.25, 0.3) is 0 Å². The number of likely N-dealkylation sites (tertiary alicyclic amines) is 1. The number of carbonyl (C=O) groups is 1. The summed E-state index contributed by atoms with van der Waals surface area (Å²) in [5, 5.41) is 0.759. The first-order chi connectivity index (χ1) is 11.3. The van der Waals surface area contributed by atoms with E-state index in [9.17, 15) is 4.79 Å². The Morgan fingerprint density at radius 1 is 1.25 bits per heavy atom. The van der Waals surface area contributed by atoms with Crippen molar-refractivity contribution in [3.8, 4) is 0 Å². The molecule has 0 atom stereocenters. The molecule has 24 heavy (non-hydrogen) atoms. The van der Waals surface area contributed by atoms with E-state index in [4.69, 9.17) is 16.3 Å². The van der Waals surface area contributed by atoms with Gasteiger partial charge in [-0.05, 0) is 69.2 Å². The van der Waals surface area contributed by atoms with E-state index in [1.165, 1.54) is 11.1 Å². The van der Waals surface area contributed by atoms with Gasteiger partial charge < -0.3 is 9.64 Å². The lowest BCUT2D eigenvalue weighted by Gasteiger charge is -2.34. The zero-order valence-corrected chi connectivity index (χ0v) is 15.9. The van der Waals surface area contributed by atoms with Crippen LogP contribution >= 0.6 is 11.6 Å². The maximum Gasteiger partial charge on any atom is 0.410 e. The monoisotopic (exact) mass is 349 g/mol. The van der Waals surface area contributed by atoms with E-state index in [1.54, 1.807) is 0 Å². The highest BCUT2D eigenvalue weighted by molar-refractivity contribution is 6.30. The van der Waals surface area contributed by atoms with Crippen molar-refractivity contribution >= 4 is 23.3 Å². The average molecular weight is 350 g/mol. The molecule has 1 amide bonds. The number of carbonyl (C=O) groups excluding carboxylic acids is 1. The maximum absolute atomic E-state index is 12.2. The van der Waals surface area contributed by atoms with Crippen molar-refractivity contribution in [1.82, 2.24) is 4.90 Å². The summed E-state index contributed by atoms with van der Waals surface area (Å²) in [7, 11) is 0. The van der Waals surface area contributed by atoms with Crippen LogP contribution in [0.1, 0.15) is 52.5 Å². The molecule has 1 heterocycles. The molecule has 0 N–H and O–H groups in total. The Morgan fingerprint density at radius 3 is 2.33 bits per heavy atom. The molecule has 3 nitrogen and oxygen atoms in total. The Kier molecular flexibility index (Phi) is 6.34. The minimum absolute atomic E-state index is 0.200. The number of amides is 1. The fourth-order valence-electron chi connectivity index (χ4n) is 3.08. The Bertz CT molecular complexity index is 579. The summed E-state index contributed by atoms with van der Waals surface area (Å²) >= 11 is 6.01. The van der Waals surface area contributed by atoms with Crippen LogP contribution in [0.5, 0.6) is 0 Å². The van der Waals surface area contributed by atoms with Gasteiger partial charge in [0.15, 0.2) is 0 Å². The summed E-state index contributed by atoms with van der Waals surface area (Å²) in [4.78, 5) is 14.0. The molecule has 0 unspecified atom stereocenters. The summed E-state index contributed by atoms with van der Waals surface area (Å²) < 4.78 is 5.48. The number of hydrogen-bond donors (Lipinski definition) is 0. The maximum atomic E-state index is 12.2. The molecular formula is C20H28ClNO2. The third kappa shape index (κ3) is 5.27. The van der Waals surface area contributed by atoms with Crippen molar-refractivity contribution < 1.29 is 9.53 Å². The topological polar surface area (TPSA) is 29.5 Å². The number of benzene rings is 1. The predicted molar refractivity (Wildman–Crippen MR) is 100 cm³/mol. The highest BCUT2D eigenvalue weighted by atomic mass is 35.5. The van der Waals surface area contributed by atoms with Crippen LogP contribution in [-0.2, 0) is 4.74 Å². The van der Waals surface area contributed by atoms with Gasteiger partial charge in [-0.2, -0.15) is 0 Å². The third-order valence-corrected chi connectivity index (χ3v) is 4.44. The van der Waals surface area contributed by atoms with Crippen molar-refractivity contribution in [1.29, 1.82) is 0 Å². The highest BCUT2D eigenvalue weighted by Gasteiger charge is 2.28. The second kappa shape index (κ2) is 8.06. The van der Waals surface area contributed by atoms with Crippen LogP contribution < -0.4 is 0 Å². The number of rotatable bonds is 3. The second-order valence-corrected chi connectivity index (χ2v) is 7.75. The van der Waals surface area contributed by atoms with Crippen LogP contribution in [0.4, 0.5) is 4.79 Å². The Morgan fingerprint density at radius 2 is 1.83 bits per heavy atom. The first-order valence-electron chi connectivity index (χ1n) is 8.74. The van der Waals surface area contributed by atoms with Crippen LogP contribution in [0, 0.1) is 5.92 Å². The van der Waals surface area contributed by atoms with Gasteiger partial charge in [-0.1, -0.05) is 36.7 Å². The molecule has 1 aromatic carbocycles. The fraction of sp³-hybridized carbons (Fsp3) is 0.550. The molecule has 0 bridgehead atoms. The van der Waals surface area contributed by atoms with E-state index < -0.39 is 5.60 Å². The molecule has 1 saturated heterocycles. The second-order valence-electron chi connectivity index (χ2n) is 7.32. The lowest BCUT2D eigenvalue weighted by Crippen LogP contribution is -2.41. The van der Waals surface area contributed by atoms with Crippen LogP contribution in [0.3, 0.4) is 0 Å². The SMILES string of the molecule is CC/C=C(\c1ccc(Cl)cc1)C1CCN(C(=O)OC(C)(C)C)CC1. The smallest absolute Gasteiger partial charge is 0.410 e. The van der Waals surface area contributed by atoms with E-state index in [0.717, 1.165) is 37.4 Å². The predicted octanol–water partition coefficient (Wildman–Crippen LogP) is 5.78. The molecule has 2 rings (SSSR count). The number of halogens is 1. The fourth-order valence-corrected chi connectivity index (χ4v) is 3.21. The number of nitrogens with zero attached hydrogens (tertiary/aromatic N) is 1. The largest absolute Gasteiger partial charge is 0.444 e. The molecule has 1 fully saturated rings. The molecule has 0 saturated carbocycles. The Hall–Kier alpha value is -1.48. The normalized spacial score (nSPS) is 17.0. The number of hydrogen-bond acceptors (Lipinski definition) is 2. The van der Waals surface area contributed by atoms with Crippen LogP contribution in [0.2, 0.25) is 5.02 Å². The Balaban J connectivity index is 2.02. The molecule has 1 aromatic rings. The number of allylic oxidation sites excluding steroid dienone is 2. The average Bonchev–Trinajstić information content (AvgIpc) is 2.52. The van der Waals surface area contributed by atoms with E-state index in [2.05, 4.69) is 25.1 Å². The molecule has 132 valence electrons. The van der Waals surface area contributed by atoms with Gasteiger partial charge in [-0.15, -0.1) is 0 Å². The van der Waals surface area contributed by atoms with Gasteiger partial charge in [0.1, 0.15) is 5.60 Å².